The average molecular weight is 239 g/mol. The second kappa shape index (κ2) is 6.30. The first-order chi connectivity index (χ1) is 7.90. The van der Waals surface area contributed by atoms with E-state index < -0.39 is 0 Å². The lowest BCUT2D eigenvalue weighted by Gasteiger charge is -2.07. The van der Waals surface area contributed by atoms with Gasteiger partial charge in [0.2, 0.25) is 0 Å². The summed E-state index contributed by atoms with van der Waals surface area (Å²) in [6, 6.07) is 2.90. The van der Waals surface area contributed by atoms with Gasteiger partial charge in [0, 0.05) is 25.3 Å². The maximum Gasteiger partial charge on any atom is 0.0522 e. The number of hydrogen-bond acceptors (Lipinski definition) is 3. The Kier molecular flexibility index (Phi) is 4.72. The zero-order valence-electron chi connectivity index (χ0n) is 9.98. The summed E-state index contributed by atoms with van der Waals surface area (Å²) in [7, 11) is 0. The molecule has 3 nitrogen and oxygen atoms in total. The van der Waals surface area contributed by atoms with Crippen LogP contribution in [-0.2, 0) is 13.1 Å². The molecule has 2 rings (SSSR count). The zero-order chi connectivity index (χ0) is 11.2. The molecule has 0 atom stereocenters. The van der Waals surface area contributed by atoms with Crippen LogP contribution in [0.1, 0.15) is 31.9 Å². The number of rotatable bonds is 8. The van der Waals surface area contributed by atoms with Gasteiger partial charge in [-0.15, -0.1) is 0 Å². The van der Waals surface area contributed by atoms with Gasteiger partial charge < -0.3 is 5.32 Å². The average Bonchev–Trinajstić information content (AvgIpc) is 3.02. The Morgan fingerprint density at radius 3 is 3.19 bits per heavy atom. The molecule has 1 aliphatic rings. The number of thioether (sulfide) groups is 1. The van der Waals surface area contributed by atoms with Gasteiger partial charge in [-0.1, -0.05) is 6.92 Å². The van der Waals surface area contributed by atoms with Gasteiger partial charge in [-0.2, -0.15) is 16.9 Å². The molecule has 0 aromatic carbocycles. The van der Waals surface area contributed by atoms with Gasteiger partial charge >= 0.3 is 0 Å². The van der Waals surface area contributed by atoms with Gasteiger partial charge in [-0.25, -0.2) is 0 Å². The van der Waals surface area contributed by atoms with Crippen molar-refractivity contribution < 1.29 is 0 Å². The van der Waals surface area contributed by atoms with Crippen LogP contribution in [0.25, 0.3) is 0 Å². The lowest BCUT2D eigenvalue weighted by molar-refractivity contribution is 0.551. The van der Waals surface area contributed by atoms with E-state index in [0.717, 1.165) is 19.1 Å². The van der Waals surface area contributed by atoms with Gasteiger partial charge in [-0.3, -0.25) is 4.68 Å². The van der Waals surface area contributed by atoms with Crippen LogP contribution in [0.3, 0.4) is 0 Å². The summed E-state index contributed by atoms with van der Waals surface area (Å²) in [6.45, 7) is 4.25. The van der Waals surface area contributed by atoms with Crippen molar-refractivity contribution in [2.24, 2.45) is 0 Å². The first-order valence-corrected chi connectivity index (χ1v) is 7.37. The monoisotopic (exact) mass is 239 g/mol. The van der Waals surface area contributed by atoms with Crippen molar-refractivity contribution in [1.82, 2.24) is 15.1 Å². The molecule has 0 aliphatic heterocycles. The van der Waals surface area contributed by atoms with Gasteiger partial charge in [0.1, 0.15) is 0 Å². The maximum atomic E-state index is 4.38. The van der Waals surface area contributed by atoms with Crippen LogP contribution in [0, 0.1) is 0 Å². The maximum absolute atomic E-state index is 4.38. The summed E-state index contributed by atoms with van der Waals surface area (Å²) in [5.74, 6) is 2.46. The lowest BCUT2D eigenvalue weighted by atomic mass is 10.4. The van der Waals surface area contributed by atoms with Crippen LogP contribution in [0.4, 0.5) is 0 Å². The van der Waals surface area contributed by atoms with Crippen molar-refractivity contribution in [3.05, 3.63) is 18.0 Å². The van der Waals surface area contributed by atoms with Gasteiger partial charge in [0.15, 0.2) is 0 Å². The van der Waals surface area contributed by atoms with Crippen molar-refractivity contribution in [2.45, 2.75) is 45.3 Å². The summed E-state index contributed by atoms with van der Waals surface area (Å²) < 4.78 is 2.14. The van der Waals surface area contributed by atoms with Crippen molar-refractivity contribution in [3.8, 4) is 0 Å². The lowest BCUT2D eigenvalue weighted by Crippen LogP contribution is -2.18. The minimum Gasteiger partial charge on any atom is -0.308 e. The molecule has 1 aromatic heterocycles. The smallest absolute Gasteiger partial charge is 0.0522 e. The third-order valence-electron chi connectivity index (χ3n) is 2.82. The van der Waals surface area contributed by atoms with E-state index in [4.69, 9.17) is 0 Å². The third kappa shape index (κ3) is 3.83. The van der Waals surface area contributed by atoms with Gasteiger partial charge in [0.05, 0.1) is 5.69 Å². The molecule has 0 bridgehead atoms. The Morgan fingerprint density at radius 2 is 2.44 bits per heavy atom. The molecule has 1 N–H and O–H groups in total. The van der Waals surface area contributed by atoms with Gasteiger partial charge in [0.25, 0.3) is 0 Å². The van der Waals surface area contributed by atoms with Crippen LogP contribution < -0.4 is 5.32 Å². The third-order valence-corrected chi connectivity index (χ3v) is 3.80. The first-order valence-electron chi connectivity index (χ1n) is 6.22. The Balaban J connectivity index is 1.71. The topological polar surface area (TPSA) is 29.9 Å². The number of aromatic nitrogens is 2. The molecular weight excluding hydrogens is 218 g/mol. The van der Waals surface area contributed by atoms with Crippen LogP contribution in [-0.4, -0.2) is 27.3 Å². The van der Waals surface area contributed by atoms with Crippen molar-refractivity contribution in [3.63, 3.8) is 0 Å². The Hall–Kier alpha value is -0.480. The van der Waals surface area contributed by atoms with E-state index in [1.165, 1.54) is 36.5 Å². The van der Waals surface area contributed by atoms with E-state index in [9.17, 15) is 0 Å². The number of aryl methyl sites for hydroxylation is 1. The van der Waals surface area contributed by atoms with Crippen LogP contribution in [0.5, 0.6) is 0 Å². The zero-order valence-corrected chi connectivity index (χ0v) is 10.8. The molecule has 16 heavy (non-hydrogen) atoms. The highest BCUT2D eigenvalue weighted by Gasteiger charge is 2.20. The molecule has 1 heterocycles. The summed E-state index contributed by atoms with van der Waals surface area (Å²) in [6.07, 6.45) is 5.83. The highest BCUT2D eigenvalue weighted by molar-refractivity contribution is 7.99. The van der Waals surface area contributed by atoms with Crippen molar-refractivity contribution >= 4 is 11.8 Å². The molecule has 0 amide bonds. The minimum atomic E-state index is 0.777. The highest BCUT2D eigenvalue weighted by Crippen LogP contribution is 2.19. The Bertz CT molecular complexity index is 307. The quantitative estimate of drug-likeness (QED) is 0.706. The van der Waals surface area contributed by atoms with Crippen LogP contribution in [0.15, 0.2) is 12.3 Å². The second-order valence-electron chi connectivity index (χ2n) is 4.25. The fourth-order valence-corrected chi connectivity index (χ4v) is 2.33. The van der Waals surface area contributed by atoms with Crippen molar-refractivity contribution in [1.29, 1.82) is 0 Å². The predicted molar refractivity (Wildman–Crippen MR) is 69.7 cm³/mol. The first kappa shape index (κ1) is 12.0. The SMILES string of the molecule is CCSCCCn1nccc1CNC1CC1. The molecule has 90 valence electrons. The molecule has 0 radical (unpaired) electrons. The molecule has 1 aliphatic carbocycles. The number of nitrogens with zero attached hydrogens (tertiary/aromatic N) is 2. The van der Waals surface area contributed by atoms with E-state index in [0.29, 0.717) is 0 Å². The van der Waals surface area contributed by atoms with Crippen LogP contribution >= 0.6 is 11.8 Å². The number of nitrogens with one attached hydrogen (secondary N) is 1. The Labute approximate surface area is 102 Å². The fourth-order valence-electron chi connectivity index (χ4n) is 1.71. The van der Waals surface area contributed by atoms with E-state index in [1.54, 1.807) is 0 Å². The predicted octanol–water partition coefficient (Wildman–Crippen LogP) is 2.28. The highest BCUT2D eigenvalue weighted by atomic mass is 32.2. The summed E-state index contributed by atoms with van der Waals surface area (Å²) >= 11 is 2.01. The standard InChI is InChI=1S/C12H21N3S/c1-2-16-9-3-8-15-12(6-7-14-15)10-13-11-4-5-11/h6-7,11,13H,2-5,8-10H2,1H3. The molecule has 1 fully saturated rings. The van der Waals surface area contributed by atoms with E-state index in [-0.39, 0.29) is 0 Å². The molecule has 0 unspecified atom stereocenters. The minimum absolute atomic E-state index is 0.777. The molecule has 1 aromatic rings. The largest absolute Gasteiger partial charge is 0.308 e. The van der Waals surface area contributed by atoms with Gasteiger partial charge in [-0.05, 0) is 36.8 Å². The summed E-state index contributed by atoms with van der Waals surface area (Å²) in [5.41, 5.74) is 1.33. The van der Waals surface area contributed by atoms with E-state index in [1.807, 2.05) is 18.0 Å². The Morgan fingerprint density at radius 1 is 1.56 bits per heavy atom. The molecule has 0 spiro atoms. The molecule has 0 saturated heterocycles. The van der Waals surface area contributed by atoms with E-state index in [2.05, 4.69) is 28.1 Å². The molecule has 1 saturated carbocycles. The van der Waals surface area contributed by atoms with E-state index >= 15 is 0 Å². The molecule has 4 heteroatoms. The molecular formula is C12H21N3S. The number of hydrogen-bond donors (Lipinski definition) is 1. The summed E-state index contributed by atoms with van der Waals surface area (Å²) in [5, 5.41) is 7.91. The summed E-state index contributed by atoms with van der Waals surface area (Å²) in [4.78, 5) is 0. The fraction of sp³-hybridized carbons (Fsp3) is 0.750. The normalized spacial score (nSPS) is 15.6. The van der Waals surface area contributed by atoms with Crippen LogP contribution in [0.2, 0.25) is 0 Å². The van der Waals surface area contributed by atoms with Crippen molar-refractivity contribution in [2.75, 3.05) is 11.5 Å². The second-order valence-corrected chi connectivity index (χ2v) is 5.65.